The van der Waals surface area contributed by atoms with Crippen LogP contribution in [0.1, 0.15) is 13.8 Å². The van der Waals surface area contributed by atoms with Crippen LogP contribution in [0.2, 0.25) is 0 Å². The SMILES string of the molecule is CCOC(=[NH2+])C(=O)OCC. The minimum absolute atomic E-state index is 0.177. The van der Waals surface area contributed by atoms with E-state index < -0.39 is 5.97 Å². The van der Waals surface area contributed by atoms with Crippen molar-refractivity contribution in [3.63, 3.8) is 0 Å². The maximum atomic E-state index is 10.6. The van der Waals surface area contributed by atoms with Crippen LogP contribution in [0.25, 0.3) is 0 Å². The summed E-state index contributed by atoms with van der Waals surface area (Å²) < 4.78 is 9.21. The van der Waals surface area contributed by atoms with Crippen molar-refractivity contribution in [2.24, 2.45) is 0 Å². The van der Waals surface area contributed by atoms with E-state index in [9.17, 15) is 4.79 Å². The minimum atomic E-state index is -0.593. The van der Waals surface area contributed by atoms with E-state index in [1.807, 2.05) is 0 Å². The highest BCUT2D eigenvalue weighted by atomic mass is 16.6. The Morgan fingerprint density at radius 1 is 1.30 bits per heavy atom. The Labute approximate surface area is 59.6 Å². The molecule has 0 amide bonds. The number of nitrogens with two attached hydrogens (primary N) is 1. The van der Waals surface area contributed by atoms with Crippen LogP contribution in [-0.2, 0) is 14.3 Å². The molecule has 10 heavy (non-hydrogen) atoms. The first-order chi connectivity index (χ1) is 4.72. The molecule has 58 valence electrons. The molecular formula is C6H12NO3+. The standard InChI is InChI=1S/C6H11NO3/c1-3-9-5(7)6(8)10-4-2/h7H,3-4H2,1-2H3/p+1. The summed E-state index contributed by atoms with van der Waals surface area (Å²) in [5, 5.41) is 5.13. The van der Waals surface area contributed by atoms with Gasteiger partial charge in [-0.3, -0.25) is 0 Å². The third-order valence-electron chi connectivity index (χ3n) is 0.776. The lowest BCUT2D eigenvalue weighted by molar-refractivity contribution is -0.167. The largest absolute Gasteiger partial charge is 0.455 e. The van der Waals surface area contributed by atoms with Gasteiger partial charge in [-0.25, -0.2) is 10.2 Å². The van der Waals surface area contributed by atoms with Gasteiger partial charge < -0.3 is 9.47 Å². The lowest BCUT2D eigenvalue weighted by Crippen LogP contribution is -2.47. The lowest BCUT2D eigenvalue weighted by Gasteiger charge is -1.97. The summed E-state index contributed by atoms with van der Waals surface area (Å²) in [5.74, 6) is -0.770. The summed E-state index contributed by atoms with van der Waals surface area (Å²) in [7, 11) is 0. The molecule has 0 unspecified atom stereocenters. The zero-order valence-electron chi connectivity index (χ0n) is 6.22. The van der Waals surface area contributed by atoms with Gasteiger partial charge in [0.1, 0.15) is 0 Å². The van der Waals surface area contributed by atoms with Crippen molar-refractivity contribution in [3.8, 4) is 0 Å². The van der Waals surface area contributed by atoms with Crippen LogP contribution >= 0.6 is 0 Å². The zero-order valence-corrected chi connectivity index (χ0v) is 6.22. The van der Waals surface area contributed by atoms with Crippen LogP contribution in [0.3, 0.4) is 0 Å². The molecule has 0 rings (SSSR count). The molecule has 0 aromatic heterocycles. The van der Waals surface area contributed by atoms with E-state index in [1.165, 1.54) is 0 Å². The number of ether oxygens (including phenoxy) is 2. The van der Waals surface area contributed by atoms with E-state index in [1.54, 1.807) is 13.8 Å². The maximum absolute atomic E-state index is 10.6. The van der Waals surface area contributed by atoms with Crippen molar-refractivity contribution in [2.75, 3.05) is 13.2 Å². The first kappa shape index (κ1) is 8.94. The second-order valence-corrected chi connectivity index (χ2v) is 1.52. The number of esters is 1. The Morgan fingerprint density at radius 2 is 1.80 bits per heavy atom. The number of carbonyl (C=O) groups excluding carboxylic acids is 1. The van der Waals surface area contributed by atoms with Crippen molar-refractivity contribution < 1.29 is 19.7 Å². The van der Waals surface area contributed by atoms with E-state index >= 15 is 0 Å². The molecule has 2 N–H and O–H groups in total. The normalized spacial score (nSPS) is 8.60. The van der Waals surface area contributed by atoms with Gasteiger partial charge in [0.2, 0.25) is 0 Å². The topological polar surface area (TPSA) is 61.1 Å². The molecule has 0 aliphatic carbocycles. The van der Waals surface area contributed by atoms with Crippen LogP contribution in [-0.4, -0.2) is 25.1 Å². The predicted molar refractivity (Wildman–Crippen MR) is 35.2 cm³/mol. The summed E-state index contributed by atoms with van der Waals surface area (Å²) in [6, 6.07) is 0. The molecule has 4 nitrogen and oxygen atoms in total. The highest BCUT2D eigenvalue weighted by Crippen LogP contribution is 1.80. The molecule has 0 spiro atoms. The average Bonchev–Trinajstić information content (AvgIpc) is 1.89. The second kappa shape index (κ2) is 4.78. The molecule has 4 heteroatoms. The molecule has 0 radical (unpaired) electrons. The molecule has 0 aliphatic heterocycles. The van der Waals surface area contributed by atoms with Gasteiger partial charge in [0.25, 0.3) is 0 Å². The zero-order chi connectivity index (χ0) is 7.98. The van der Waals surface area contributed by atoms with Crippen LogP contribution in [0.4, 0.5) is 0 Å². The average molecular weight is 146 g/mol. The van der Waals surface area contributed by atoms with Gasteiger partial charge in [-0.1, -0.05) is 0 Å². The summed E-state index contributed by atoms with van der Waals surface area (Å²) in [6.07, 6.45) is 0. The minimum Gasteiger partial charge on any atom is -0.455 e. The van der Waals surface area contributed by atoms with Crippen molar-refractivity contribution in [3.05, 3.63) is 0 Å². The molecule has 0 aromatic carbocycles. The lowest BCUT2D eigenvalue weighted by atomic mass is 10.6. The number of rotatable bonds is 2. The highest BCUT2D eigenvalue weighted by molar-refractivity contribution is 6.29. The predicted octanol–water partition coefficient (Wildman–Crippen LogP) is -1.26. The fourth-order valence-electron chi connectivity index (χ4n) is 0.417. The molecular weight excluding hydrogens is 134 g/mol. The van der Waals surface area contributed by atoms with Crippen LogP contribution < -0.4 is 5.41 Å². The van der Waals surface area contributed by atoms with Crippen LogP contribution in [0.15, 0.2) is 0 Å². The van der Waals surface area contributed by atoms with Gasteiger partial charge in [0, 0.05) is 0 Å². The van der Waals surface area contributed by atoms with Gasteiger partial charge in [-0.15, -0.1) is 0 Å². The first-order valence-corrected chi connectivity index (χ1v) is 3.14. The third kappa shape index (κ3) is 3.06. The van der Waals surface area contributed by atoms with Crippen molar-refractivity contribution >= 4 is 11.9 Å². The van der Waals surface area contributed by atoms with Crippen molar-refractivity contribution in [2.45, 2.75) is 13.8 Å². The Hall–Kier alpha value is -1.06. The van der Waals surface area contributed by atoms with Gasteiger partial charge in [0.05, 0.1) is 13.2 Å². The quantitative estimate of drug-likeness (QED) is 0.300. The van der Waals surface area contributed by atoms with Gasteiger partial charge in [0.15, 0.2) is 0 Å². The summed E-state index contributed by atoms with van der Waals surface area (Å²) in [6.45, 7) is 4.14. The summed E-state index contributed by atoms with van der Waals surface area (Å²) in [5.41, 5.74) is 0. The second-order valence-electron chi connectivity index (χ2n) is 1.52. The summed E-state index contributed by atoms with van der Waals surface area (Å²) in [4.78, 5) is 10.6. The molecule has 0 saturated heterocycles. The Morgan fingerprint density at radius 3 is 2.20 bits per heavy atom. The van der Waals surface area contributed by atoms with Gasteiger partial charge in [-0.2, -0.15) is 0 Å². The van der Waals surface area contributed by atoms with Crippen LogP contribution in [0, 0.1) is 0 Å². The molecule has 0 atom stereocenters. The van der Waals surface area contributed by atoms with Gasteiger partial charge >= 0.3 is 11.9 Å². The van der Waals surface area contributed by atoms with E-state index in [2.05, 4.69) is 9.47 Å². The number of hydrogen-bond donors (Lipinski definition) is 1. The van der Waals surface area contributed by atoms with Crippen LogP contribution in [0.5, 0.6) is 0 Å². The molecule has 0 fully saturated rings. The first-order valence-electron chi connectivity index (χ1n) is 3.14. The molecule has 0 aliphatic rings. The number of hydrogen-bond acceptors (Lipinski definition) is 3. The Balaban J connectivity index is 3.60. The van der Waals surface area contributed by atoms with Crippen molar-refractivity contribution in [1.29, 1.82) is 0 Å². The molecule has 0 aromatic rings. The van der Waals surface area contributed by atoms with E-state index in [-0.39, 0.29) is 5.90 Å². The fourth-order valence-corrected chi connectivity index (χ4v) is 0.417. The summed E-state index contributed by atoms with van der Waals surface area (Å²) >= 11 is 0. The van der Waals surface area contributed by atoms with Gasteiger partial charge in [-0.05, 0) is 13.8 Å². The molecule has 0 bridgehead atoms. The van der Waals surface area contributed by atoms with Crippen molar-refractivity contribution in [1.82, 2.24) is 0 Å². The van der Waals surface area contributed by atoms with E-state index in [0.717, 1.165) is 0 Å². The molecule has 0 saturated carbocycles. The fraction of sp³-hybridized carbons (Fsp3) is 0.667. The molecule has 0 heterocycles. The monoisotopic (exact) mass is 146 g/mol. The smallest absolute Gasteiger partial charge is 0.447 e. The Kier molecular flexibility index (Phi) is 4.28. The maximum Gasteiger partial charge on any atom is 0.447 e. The van der Waals surface area contributed by atoms with E-state index in [4.69, 9.17) is 5.41 Å². The van der Waals surface area contributed by atoms with E-state index in [0.29, 0.717) is 13.2 Å². The number of carbonyl (C=O) groups is 1. The Bertz CT molecular complexity index is 117. The third-order valence-corrected chi connectivity index (χ3v) is 0.776. The highest BCUT2D eigenvalue weighted by Gasteiger charge is 2.16.